The molecule has 1 heterocycles. The summed E-state index contributed by atoms with van der Waals surface area (Å²) in [5.74, 6) is -0.961. The fraction of sp³-hybridized carbons (Fsp3) is 0. The first-order chi connectivity index (χ1) is 12.1. The number of nitro groups is 1. The number of non-ortho nitro benzene ring substituents is 1. The van der Waals surface area contributed by atoms with Crippen molar-refractivity contribution in [3.63, 3.8) is 0 Å². The summed E-state index contributed by atoms with van der Waals surface area (Å²) < 4.78 is 0. The van der Waals surface area contributed by atoms with Gasteiger partial charge in [-0.3, -0.25) is 25.1 Å². The molecular weight excluding hydrogens is 322 g/mol. The third-order valence-electron chi connectivity index (χ3n) is 3.54. The number of nitrogens with one attached hydrogen (secondary N) is 1. The summed E-state index contributed by atoms with van der Waals surface area (Å²) in [6.45, 7) is 0. The lowest BCUT2D eigenvalue weighted by Gasteiger charge is -2.13. The number of carbonyl (C=O) groups is 2. The Morgan fingerprint density at radius 1 is 1.04 bits per heavy atom. The van der Waals surface area contributed by atoms with Crippen molar-refractivity contribution in [1.29, 1.82) is 0 Å². The highest BCUT2D eigenvalue weighted by molar-refractivity contribution is 6.29. The molecule has 0 aromatic heterocycles. The third-order valence-corrected chi connectivity index (χ3v) is 3.54. The van der Waals surface area contributed by atoms with E-state index in [2.05, 4.69) is 5.43 Å². The number of hydrazine groups is 1. The lowest BCUT2D eigenvalue weighted by Crippen LogP contribution is -2.35. The molecule has 1 aliphatic rings. The van der Waals surface area contributed by atoms with E-state index in [0.717, 1.165) is 0 Å². The van der Waals surface area contributed by atoms with E-state index < -0.39 is 16.7 Å². The number of anilines is 1. The van der Waals surface area contributed by atoms with E-state index in [1.54, 1.807) is 42.5 Å². The molecule has 2 aromatic carbocycles. The van der Waals surface area contributed by atoms with Crippen LogP contribution >= 0.6 is 0 Å². The predicted molar refractivity (Wildman–Crippen MR) is 92.3 cm³/mol. The molecule has 0 bridgehead atoms. The van der Waals surface area contributed by atoms with Gasteiger partial charge >= 0.3 is 0 Å². The first kappa shape index (κ1) is 16.1. The molecule has 0 spiro atoms. The van der Waals surface area contributed by atoms with Gasteiger partial charge < -0.3 is 0 Å². The number of para-hydroxylation sites is 1. The molecule has 0 aliphatic carbocycles. The third kappa shape index (κ3) is 3.45. The van der Waals surface area contributed by atoms with Gasteiger partial charge in [-0.05, 0) is 23.8 Å². The molecule has 1 saturated heterocycles. The normalized spacial score (nSPS) is 15.8. The average molecular weight is 335 g/mol. The Morgan fingerprint density at radius 3 is 2.52 bits per heavy atom. The molecule has 2 amide bonds. The van der Waals surface area contributed by atoms with Crippen molar-refractivity contribution in [3.05, 3.63) is 88.0 Å². The van der Waals surface area contributed by atoms with Gasteiger partial charge in [-0.15, -0.1) is 0 Å². The fourth-order valence-electron chi connectivity index (χ4n) is 2.33. The second-order valence-electron chi connectivity index (χ2n) is 5.21. The van der Waals surface area contributed by atoms with Crippen molar-refractivity contribution in [2.45, 2.75) is 0 Å². The minimum atomic E-state index is -0.502. The largest absolute Gasteiger partial charge is 0.282 e. The van der Waals surface area contributed by atoms with Crippen molar-refractivity contribution in [1.82, 2.24) is 5.43 Å². The summed E-state index contributed by atoms with van der Waals surface area (Å²) in [5, 5.41) is 11.9. The van der Waals surface area contributed by atoms with E-state index in [0.29, 0.717) is 11.3 Å². The zero-order valence-corrected chi connectivity index (χ0v) is 13.0. The molecular formula is C18H13N3O4. The molecule has 2 aromatic rings. The number of benzene rings is 2. The van der Waals surface area contributed by atoms with Crippen LogP contribution in [0.2, 0.25) is 0 Å². The maximum Gasteiger partial charge on any atom is 0.282 e. The lowest BCUT2D eigenvalue weighted by molar-refractivity contribution is -0.384. The summed E-state index contributed by atoms with van der Waals surface area (Å²) in [7, 11) is 0. The Kier molecular flexibility index (Phi) is 4.38. The van der Waals surface area contributed by atoms with Crippen LogP contribution in [0.4, 0.5) is 11.4 Å². The van der Waals surface area contributed by atoms with E-state index in [1.165, 1.54) is 29.3 Å². The van der Waals surface area contributed by atoms with Gasteiger partial charge in [-0.25, -0.2) is 5.01 Å². The number of allylic oxidation sites excluding steroid dienone is 2. The molecule has 3 rings (SSSR count). The number of nitrogens with zero attached hydrogens (tertiary/aromatic N) is 2. The van der Waals surface area contributed by atoms with Crippen LogP contribution in [0.25, 0.3) is 6.08 Å². The number of hydrogen-bond donors (Lipinski definition) is 1. The van der Waals surface area contributed by atoms with Crippen LogP contribution in [0, 0.1) is 10.1 Å². The second kappa shape index (κ2) is 6.79. The van der Waals surface area contributed by atoms with Crippen LogP contribution in [0.5, 0.6) is 0 Å². The fourth-order valence-corrected chi connectivity index (χ4v) is 2.33. The van der Waals surface area contributed by atoms with E-state index in [9.17, 15) is 19.7 Å². The molecule has 0 unspecified atom stereocenters. The molecule has 0 radical (unpaired) electrons. The molecule has 7 nitrogen and oxygen atoms in total. The number of amides is 2. The Hall–Kier alpha value is -3.74. The van der Waals surface area contributed by atoms with Crippen molar-refractivity contribution >= 4 is 29.3 Å². The molecule has 0 saturated carbocycles. The molecule has 124 valence electrons. The zero-order chi connectivity index (χ0) is 17.8. The maximum absolute atomic E-state index is 12.4. The molecule has 1 fully saturated rings. The average Bonchev–Trinajstić information content (AvgIpc) is 2.91. The standard InChI is InChI=1S/C18H13N3O4/c22-17-16(18(23)20(19-17)14-8-2-1-3-9-14)11-5-7-13-6-4-10-15(12-13)21(24)25/h1-12H,(H,19,22)/b7-5+,16-11+. The van der Waals surface area contributed by atoms with Gasteiger partial charge in [0, 0.05) is 12.1 Å². The summed E-state index contributed by atoms with van der Waals surface area (Å²) >= 11 is 0. The topological polar surface area (TPSA) is 92.6 Å². The minimum Gasteiger partial charge on any atom is -0.267 e. The van der Waals surface area contributed by atoms with Gasteiger partial charge in [0.1, 0.15) is 5.57 Å². The van der Waals surface area contributed by atoms with Gasteiger partial charge in [-0.1, -0.05) is 42.5 Å². The van der Waals surface area contributed by atoms with E-state index in [4.69, 9.17) is 0 Å². The van der Waals surface area contributed by atoms with Crippen molar-refractivity contribution in [2.75, 3.05) is 5.01 Å². The highest BCUT2D eigenvalue weighted by Crippen LogP contribution is 2.19. The van der Waals surface area contributed by atoms with Crippen LogP contribution in [0.15, 0.2) is 72.3 Å². The smallest absolute Gasteiger partial charge is 0.267 e. The molecule has 1 aliphatic heterocycles. The lowest BCUT2D eigenvalue weighted by atomic mass is 10.1. The molecule has 0 atom stereocenters. The van der Waals surface area contributed by atoms with Crippen LogP contribution in [0.3, 0.4) is 0 Å². The zero-order valence-electron chi connectivity index (χ0n) is 13.0. The van der Waals surface area contributed by atoms with Crippen LogP contribution in [-0.2, 0) is 9.59 Å². The molecule has 25 heavy (non-hydrogen) atoms. The quantitative estimate of drug-likeness (QED) is 0.402. The van der Waals surface area contributed by atoms with Crippen molar-refractivity contribution < 1.29 is 14.5 Å². The van der Waals surface area contributed by atoms with Gasteiger partial charge in [-0.2, -0.15) is 0 Å². The van der Waals surface area contributed by atoms with Crippen molar-refractivity contribution in [2.24, 2.45) is 0 Å². The van der Waals surface area contributed by atoms with Crippen LogP contribution in [-0.4, -0.2) is 16.7 Å². The van der Waals surface area contributed by atoms with Crippen LogP contribution < -0.4 is 10.4 Å². The van der Waals surface area contributed by atoms with E-state index in [-0.39, 0.29) is 11.3 Å². The Bertz CT molecular complexity index is 904. The molecule has 1 N–H and O–H groups in total. The van der Waals surface area contributed by atoms with Gasteiger partial charge in [0.15, 0.2) is 0 Å². The number of nitro benzene ring substituents is 1. The Morgan fingerprint density at radius 2 is 1.80 bits per heavy atom. The van der Waals surface area contributed by atoms with E-state index >= 15 is 0 Å². The highest BCUT2D eigenvalue weighted by Gasteiger charge is 2.33. The summed E-state index contributed by atoms with van der Waals surface area (Å²) in [6, 6.07) is 14.8. The SMILES string of the molecule is O=C1NN(c2ccccc2)C(=O)/C1=C/C=C/c1cccc([N+](=O)[O-])c1. The van der Waals surface area contributed by atoms with Gasteiger partial charge in [0.05, 0.1) is 10.6 Å². The molecule has 7 heteroatoms. The first-order valence-electron chi connectivity index (χ1n) is 7.39. The Labute approximate surface area is 143 Å². The van der Waals surface area contributed by atoms with Gasteiger partial charge in [0.2, 0.25) is 0 Å². The number of hydrogen-bond acceptors (Lipinski definition) is 4. The monoisotopic (exact) mass is 335 g/mol. The summed E-state index contributed by atoms with van der Waals surface area (Å²) in [4.78, 5) is 34.6. The van der Waals surface area contributed by atoms with Crippen molar-refractivity contribution in [3.8, 4) is 0 Å². The summed E-state index contributed by atoms with van der Waals surface area (Å²) in [6.07, 6.45) is 4.49. The van der Waals surface area contributed by atoms with Gasteiger partial charge in [0.25, 0.3) is 17.5 Å². The van der Waals surface area contributed by atoms with E-state index in [1.807, 2.05) is 6.07 Å². The first-order valence-corrected chi connectivity index (χ1v) is 7.39. The highest BCUT2D eigenvalue weighted by atomic mass is 16.6. The predicted octanol–water partition coefficient (Wildman–Crippen LogP) is 2.61. The maximum atomic E-state index is 12.4. The Balaban J connectivity index is 1.79. The number of carbonyl (C=O) groups excluding carboxylic acids is 2. The summed E-state index contributed by atoms with van der Waals surface area (Å²) in [5.41, 5.74) is 3.62. The van der Waals surface area contributed by atoms with Crippen LogP contribution in [0.1, 0.15) is 5.56 Å². The number of rotatable bonds is 4. The minimum absolute atomic E-state index is 0.00876. The second-order valence-corrected chi connectivity index (χ2v) is 5.21.